The summed E-state index contributed by atoms with van der Waals surface area (Å²) in [6, 6.07) is 0.0321. The normalized spacial score (nSPS) is 24.8. The number of hydrogen-bond acceptors (Lipinski definition) is 4. The van der Waals surface area contributed by atoms with E-state index < -0.39 is 9.84 Å². The van der Waals surface area contributed by atoms with Gasteiger partial charge in [-0.15, -0.1) is 0 Å². The largest absolute Gasteiger partial charge is 0.359 e. The SMILES string of the molecule is CNC(=O)CCNC1CCS(=O)(=O)C1. The summed E-state index contributed by atoms with van der Waals surface area (Å²) in [5, 5.41) is 5.57. The van der Waals surface area contributed by atoms with Gasteiger partial charge in [0, 0.05) is 26.1 Å². The van der Waals surface area contributed by atoms with E-state index in [2.05, 4.69) is 10.6 Å². The Morgan fingerprint density at radius 2 is 2.21 bits per heavy atom. The third kappa shape index (κ3) is 3.63. The molecule has 5 nitrogen and oxygen atoms in total. The van der Waals surface area contributed by atoms with Crippen molar-refractivity contribution in [3.63, 3.8) is 0 Å². The van der Waals surface area contributed by atoms with Crippen LogP contribution >= 0.6 is 0 Å². The lowest BCUT2D eigenvalue weighted by atomic mass is 10.2. The van der Waals surface area contributed by atoms with Gasteiger partial charge in [-0.05, 0) is 6.42 Å². The molecular weight excluding hydrogens is 204 g/mol. The number of nitrogens with one attached hydrogen (secondary N) is 2. The maximum absolute atomic E-state index is 11.1. The molecule has 1 saturated heterocycles. The zero-order chi connectivity index (χ0) is 10.6. The third-order valence-corrected chi connectivity index (χ3v) is 4.06. The van der Waals surface area contributed by atoms with Crippen LogP contribution in [0.2, 0.25) is 0 Å². The van der Waals surface area contributed by atoms with Gasteiger partial charge < -0.3 is 10.6 Å². The Labute approximate surface area is 84.2 Å². The predicted molar refractivity (Wildman–Crippen MR) is 53.7 cm³/mol. The Balaban J connectivity index is 2.18. The molecule has 1 fully saturated rings. The second kappa shape index (κ2) is 4.75. The zero-order valence-corrected chi connectivity index (χ0v) is 9.06. The van der Waals surface area contributed by atoms with E-state index in [4.69, 9.17) is 0 Å². The van der Waals surface area contributed by atoms with E-state index >= 15 is 0 Å². The summed E-state index contributed by atoms with van der Waals surface area (Å²) >= 11 is 0. The van der Waals surface area contributed by atoms with E-state index in [-0.39, 0.29) is 23.5 Å². The van der Waals surface area contributed by atoms with Gasteiger partial charge in [0.25, 0.3) is 0 Å². The van der Waals surface area contributed by atoms with Crippen molar-refractivity contribution in [2.75, 3.05) is 25.1 Å². The standard InChI is InChI=1S/C8H16N2O3S/c1-9-8(11)2-4-10-7-3-5-14(12,13)6-7/h7,10H,2-6H2,1H3,(H,9,11). The molecule has 1 atom stereocenters. The number of carbonyl (C=O) groups excluding carboxylic acids is 1. The first-order valence-electron chi connectivity index (χ1n) is 4.68. The van der Waals surface area contributed by atoms with Crippen LogP contribution in [-0.4, -0.2) is 45.5 Å². The monoisotopic (exact) mass is 220 g/mol. The molecule has 0 saturated carbocycles. The summed E-state index contributed by atoms with van der Waals surface area (Å²) in [5.74, 6) is 0.448. The number of sulfone groups is 1. The predicted octanol–water partition coefficient (Wildman–Crippen LogP) is -1.10. The summed E-state index contributed by atoms with van der Waals surface area (Å²) in [6.07, 6.45) is 1.06. The molecule has 14 heavy (non-hydrogen) atoms. The number of amides is 1. The van der Waals surface area contributed by atoms with Gasteiger partial charge in [-0.25, -0.2) is 8.42 Å². The van der Waals surface area contributed by atoms with Crippen LogP contribution in [0.15, 0.2) is 0 Å². The minimum Gasteiger partial charge on any atom is -0.359 e. The summed E-state index contributed by atoms with van der Waals surface area (Å²) in [6.45, 7) is 0.542. The summed E-state index contributed by atoms with van der Waals surface area (Å²) in [4.78, 5) is 10.8. The van der Waals surface area contributed by atoms with Gasteiger partial charge in [0.15, 0.2) is 9.84 Å². The van der Waals surface area contributed by atoms with Gasteiger partial charge in [-0.3, -0.25) is 4.79 Å². The van der Waals surface area contributed by atoms with Crippen molar-refractivity contribution in [3.8, 4) is 0 Å². The van der Waals surface area contributed by atoms with Crippen molar-refractivity contribution >= 4 is 15.7 Å². The van der Waals surface area contributed by atoms with E-state index in [1.807, 2.05) is 0 Å². The van der Waals surface area contributed by atoms with Crippen molar-refractivity contribution in [3.05, 3.63) is 0 Å². The van der Waals surface area contributed by atoms with Crippen LogP contribution in [-0.2, 0) is 14.6 Å². The van der Waals surface area contributed by atoms with Crippen molar-refractivity contribution in [1.82, 2.24) is 10.6 Å². The number of hydrogen-bond donors (Lipinski definition) is 2. The highest BCUT2D eigenvalue weighted by molar-refractivity contribution is 7.91. The Morgan fingerprint density at radius 1 is 1.50 bits per heavy atom. The lowest BCUT2D eigenvalue weighted by molar-refractivity contribution is -0.120. The van der Waals surface area contributed by atoms with Gasteiger partial charge in [0.05, 0.1) is 11.5 Å². The fourth-order valence-electron chi connectivity index (χ4n) is 1.47. The highest BCUT2D eigenvalue weighted by Gasteiger charge is 2.27. The maximum atomic E-state index is 11.1. The van der Waals surface area contributed by atoms with Crippen LogP contribution in [0.5, 0.6) is 0 Å². The minimum absolute atomic E-state index is 0.0293. The fourth-order valence-corrected chi connectivity index (χ4v) is 3.18. The molecule has 0 bridgehead atoms. The summed E-state index contributed by atoms with van der Waals surface area (Å²) in [5.41, 5.74) is 0. The molecular formula is C8H16N2O3S. The summed E-state index contributed by atoms with van der Waals surface area (Å²) < 4.78 is 22.1. The first-order valence-corrected chi connectivity index (χ1v) is 6.50. The lowest BCUT2D eigenvalue weighted by Crippen LogP contribution is -2.33. The van der Waals surface area contributed by atoms with Crippen molar-refractivity contribution in [2.45, 2.75) is 18.9 Å². The average Bonchev–Trinajstić information content (AvgIpc) is 2.45. The van der Waals surface area contributed by atoms with E-state index in [9.17, 15) is 13.2 Å². The van der Waals surface area contributed by atoms with Crippen LogP contribution in [0.1, 0.15) is 12.8 Å². The molecule has 1 aliphatic heterocycles. The Hall–Kier alpha value is -0.620. The molecule has 82 valence electrons. The third-order valence-electron chi connectivity index (χ3n) is 2.30. The van der Waals surface area contributed by atoms with Crippen LogP contribution in [0, 0.1) is 0 Å². The average molecular weight is 220 g/mol. The quantitative estimate of drug-likeness (QED) is 0.630. The molecule has 1 heterocycles. The van der Waals surface area contributed by atoms with E-state index in [0.29, 0.717) is 19.4 Å². The Bertz CT molecular complexity index is 300. The molecule has 0 aliphatic carbocycles. The van der Waals surface area contributed by atoms with Gasteiger partial charge in [0.2, 0.25) is 5.91 Å². The molecule has 2 N–H and O–H groups in total. The number of carbonyl (C=O) groups is 1. The van der Waals surface area contributed by atoms with Crippen LogP contribution in [0.3, 0.4) is 0 Å². The second-order valence-corrected chi connectivity index (χ2v) is 5.71. The van der Waals surface area contributed by atoms with Crippen LogP contribution < -0.4 is 10.6 Å². The van der Waals surface area contributed by atoms with Crippen LogP contribution in [0.4, 0.5) is 0 Å². The molecule has 1 aliphatic rings. The maximum Gasteiger partial charge on any atom is 0.221 e. The molecule has 1 rings (SSSR count). The zero-order valence-electron chi connectivity index (χ0n) is 8.25. The molecule has 1 unspecified atom stereocenters. The lowest BCUT2D eigenvalue weighted by Gasteiger charge is -2.09. The molecule has 0 aromatic carbocycles. The smallest absolute Gasteiger partial charge is 0.221 e. The molecule has 6 heteroatoms. The Kier molecular flexibility index (Phi) is 3.88. The molecule has 0 radical (unpaired) electrons. The fraction of sp³-hybridized carbons (Fsp3) is 0.875. The summed E-state index contributed by atoms with van der Waals surface area (Å²) in [7, 11) is -1.23. The van der Waals surface area contributed by atoms with E-state index in [1.165, 1.54) is 0 Å². The first-order chi connectivity index (χ1) is 6.53. The first kappa shape index (κ1) is 11.5. The van der Waals surface area contributed by atoms with Gasteiger partial charge in [-0.2, -0.15) is 0 Å². The van der Waals surface area contributed by atoms with Crippen molar-refractivity contribution in [2.24, 2.45) is 0 Å². The van der Waals surface area contributed by atoms with Gasteiger partial charge in [-0.1, -0.05) is 0 Å². The van der Waals surface area contributed by atoms with Crippen molar-refractivity contribution < 1.29 is 13.2 Å². The minimum atomic E-state index is -2.81. The number of rotatable bonds is 4. The highest BCUT2D eigenvalue weighted by Crippen LogP contribution is 2.10. The van der Waals surface area contributed by atoms with E-state index in [0.717, 1.165) is 0 Å². The molecule has 0 aromatic heterocycles. The van der Waals surface area contributed by atoms with Crippen LogP contribution in [0.25, 0.3) is 0 Å². The second-order valence-electron chi connectivity index (χ2n) is 3.48. The van der Waals surface area contributed by atoms with Gasteiger partial charge >= 0.3 is 0 Å². The Morgan fingerprint density at radius 3 is 2.71 bits per heavy atom. The molecule has 0 spiro atoms. The van der Waals surface area contributed by atoms with E-state index in [1.54, 1.807) is 7.05 Å². The van der Waals surface area contributed by atoms with Crippen molar-refractivity contribution in [1.29, 1.82) is 0 Å². The molecule has 1 amide bonds. The van der Waals surface area contributed by atoms with Gasteiger partial charge in [0.1, 0.15) is 0 Å². The highest BCUT2D eigenvalue weighted by atomic mass is 32.2. The molecule has 0 aromatic rings. The topological polar surface area (TPSA) is 75.3 Å².